The summed E-state index contributed by atoms with van der Waals surface area (Å²) in [6.07, 6.45) is 2.19. The lowest BCUT2D eigenvalue weighted by atomic mass is 10.0. The van der Waals surface area contributed by atoms with E-state index in [0.717, 1.165) is 31.7 Å². The molecule has 2 heterocycles. The van der Waals surface area contributed by atoms with Gasteiger partial charge in [0.25, 0.3) is 5.91 Å². The number of nitrogens with zero attached hydrogens (tertiary/aromatic N) is 2. The van der Waals surface area contributed by atoms with Crippen molar-refractivity contribution in [1.29, 1.82) is 0 Å². The number of hydrogen-bond donors (Lipinski definition) is 1. The van der Waals surface area contributed by atoms with E-state index >= 15 is 0 Å². The Labute approximate surface area is 175 Å². The third kappa shape index (κ3) is 3.39. The van der Waals surface area contributed by atoms with Crippen LogP contribution >= 0.6 is 0 Å². The molecular formula is C24H22N3O3. The zero-order chi connectivity index (χ0) is 20.5. The Morgan fingerprint density at radius 1 is 0.967 bits per heavy atom. The second-order valence-corrected chi connectivity index (χ2v) is 7.63. The molecule has 1 N–H and O–H groups in total. The van der Waals surface area contributed by atoms with Gasteiger partial charge in [-0.1, -0.05) is 42.5 Å². The number of carbonyl (C=O) groups excluding carboxylic acids is 2. The van der Waals surface area contributed by atoms with E-state index in [1.54, 1.807) is 6.07 Å². The van der Waals surface area contributed by atoms with Gasteiger partial charge in [0, 0.05) is 37.3 Å². The van der Waals surface area contributed by atoms with E-state index in [0.29, 0.717) is 11.4 Å². The molecule has 6 heteroatoms. The number of rotatable bonds is 4. The third-order valence-electron chi connectivity index (χ3n) is 5.85. The second-order valence-electron chi connectivity index (χ2n) is 7.63. The monoisotopic (exact) mass is 400 g/mol. The molecule has 3 aromatic rings. The quantitative estimate of drug-likeness (QED) is 0.729. The number of benzene rings is 3. The topological polar surface area (TPSA) is 61.9 Å². The smallest absolute Gasteiger partial charge is 0.262 e. The van der Waals surface area contributed by atoms with Gasteiger partial charge in [-0.05, 0) is 29.1 Å². The van der Waals surface area contributed by atoms with Crippen LogP contribution in [0.3, 0.4) is 0 Å². The van der Waals surface area contributed by atoms with Gasteiger partial charge in [-0.2, -0.15) is 0 Å². The van der Waals surface area contributed by atoms with Crippen LogP contribution in [0.4, 0.5) is 11.4 Å². The van der Waals surface area contributed by atoms with Gasteiger partial charge >= 0.3 is 0 Å². The van der Waals surface area contributed by atoms with Gasteiger partial charge in [0.15, 0.2) is 6.61 Å². The van der Waals surface area contributed by atoms with E-state index in [4.69, 9.17) is 4.74 Å². The summed E-state index contributed by atoms with van der Waals surface area (Å²) in [4.78, 5) is 28.0. The van der Waals surface area contributed by atoms with Crippen molar-refractivity contribution in [2.75, 3.05) is 43.0 Å². The number of nitrogens with one attached hydrogen (secondary N) is 1. The summed E-state index contributed by atoms with van der Waals surface area (Å²) in [5, 5.41) is 5.29. The highest BCUT2D eigenvalue weighted by Crippen LogP contribution is 2.33. The third-order valence-corrected chi connectivity index (χ3v) is 5.85. The predicted octanol–water partition coefficient (Wildman–Crippen LogP) is 3.14. The Morgan fingerprint density at radius 2 is 1.77 bits per heavy atom. The van der Waals surface area contributed by atoms with Crippen LogP contribution in [0.15, 0.2) is 60.7 Å². The van der Waals surface area contributed by atoms with Crippen molar-refractivity contribution < 1.29 is 14.3 Å². The molecule has 0 bridgehead atoms. The molecule has 2 aliphatic rings. The van der Waals surface area contributed by atoms with Crippen LogP contribution in [0.2, 0.25) is 0 Å². The first-order valence-electron chi connectivity index (χ1n) is 10.1. The second kappa shape index (κ2) is 7.80. The molecule has 1 atom stereocenters. The van der Waals surface area contributed by atoms with Crippen molar-refractivity contribution in [3.63, 3.8) is 0 Å². The summed E-state index contributed by atoms with van der Waals surface area (Å²) in [6, 6.07) is 19.8. The number of amides is 1. The van der Waals surface area contributed by atoms with Crippen LogP contribution in [-0.4, -0.2) is 49.9 Å². The molecule has 0 aliphatic carbocycles. The van der Waals surface area contributed by atoms with Crippen molar-refractivity contribution >= 4 is 34.3 Å². The summed E-state index contributed by atoms with van der Waals surface area (Å²) in [5.41, 5.74) is 2.65. The van der Waals surface area contributed by atoms with Crippen molar-refractivity contribution in [1.82, 2.24) is 4.90 Å². The average Bonchev–Trinajstić information content (AvgIpc) is 2.79. The molecule has 1 saturated heterocycles. The Morgan fingerprint density at radius 3 is 2.60 bits per heavy atom. The van der Waals surface area contributed by atoms with E-state index in [1.807, 2.05) is 12.1 Å². The maximum absolute atomic E-state index is 11.9. The zero-order valence-electron chi connectivity index (χ0n) is 16.5. The van der Waals surface area contributed by atoms with Crippen molar-refractivity contribution in [2.24, 2.45) is 0 Å². The Balaban J connectivity index is 1.33. The lowest BCUT2D eigenvalue weighted by Crippen LogP contribution is -2.48. The molecule has 1 fully saturated rings. The number of hydrogen-bond acceptors (Lipinski definition) is 5. The maximum atomic E-state index is 11.9. The molecular weight excluding hydrogens is 378 g/mol. The minimum Gasteiger partial charge on any atom is -0.482 e. The Hall–Kier alpha value is -3.38. The standard InChI is InChI=1S/C24H22N3O3/c28-15-22(18-8-9-23-20(14-18)25-24(29)16-30-23)27-12-10-26(11-13-27)21-7-3-5-17-4-1-2-6-19(17)21/h1-9,14,22H,10-13,16H2,(H,25,29). The van der Waals surface area contributed by atoms with Gasteiger partial charge in [0.1, 0.15) is 11.8 Å². The molecule has 30 heavy (non-hydrogen) atoms. The van der Waals surface area contributed by atoms with Crippen LogP contribution in [0.5, 0.6) is 5.75 Å². The molecule has 1 unspecified atom stereocenters. The number of carbonyl (C=O) groups is 1. The highest BCUT2D eigenvalue weighted by atomic mass is 16.5. The van der Waals surface area contributed by atoms with Crippen LogP contribution in [0.25, 0.3) is 10.8 Å². The van der Waals surface area contributed by atoms with Crippen LogP contribution in [0, 0.1) is 0 Å². The Bertz CT molecular complexity index is 1100. The van der Waals surface area contributed by atoms with Crippen molar-refractivity contribution in [3.8, 4) is 5.75 Å². The Kier molecular flexibility index (Phi) is 4.85. The molecule has 1 radical (unpaired) electrons. The van der Waals surface area contributed by atoms with Gasteiger partial charge in [-0.15, -0.1) is 0 Å². The van der Waals surface area contributed by atoms with Gasteiger partial charge in [0.2, 0.25) is 6.29 Å². The van der Waals surface area contributed by atoms with E-state index in [1.165, 1.54) is 16.5 Å². The summed E-state index contributed by atoms with van der Waals surface area (Å²) < 4.78 is 5.42. The minimum atomic E-state index is -0.469. The minimum absolute atomic E-state index is 0.0196. The lowest BCUT2D eigenvalue weighted by molar-refractivity contribution is -0.118. The fourth-order valence-electron chi connectivity index (χ4n) is 4.33. The number of piperazine rings is 1. The number of anilines is 2. The summed E-state index contributed by atoms with van der Waals surface area (Å²) >= 11 is 0. The average molecular weight is 400 g/mol. The molecule has 2 aliphatic heterocycles. The normalized spacial score (nSPS) is 17.7. The SMILES string of the molecule is O=[C]C(c1ccc2c(c1)NC(=O)CO2)N1CCN(c2cccc3ccccc23)CC1. The van der Waals surface area contributed by atoms with Gasteiger partial charge in [0.05, 0.1) is 5.69 Å². The van der Waals surface area contributed by atoms with Gasteiger partial charge in [-0.3, -0.25) is 14.5 Å². The first-order chi connectivity index (χ1) is 14.7. The van der Waals surface area contributed by atoms with Crippen molar-refractivity contribution in [3.05, 3.63) is 66.2 Å². The van der Waals surface area contributed by atoms with Gasteiger partial charge < -0.3 is 15.0 Å². The number of fused-ring (bicyclic) bond motifs is 2. The van der Waals surface area contributed by atoms with Gasteiger partial charge in [-0.25, -0.2) is 0 Å². The molecule has 1 amide bonds. The highest BCUT2D eigenvalue weighted by molar-refractivity contribution is 5.96. The molecule has 151 valence electrons. The van der Waals surface area contributed by atoms with E-state index in [-0.39, 0.29) is 12.5 Å². The summed E-state index contributed by atoms with van der Waals surface area (Å²) in [5.74, 6) is 0.443. The van der Waals surface area contributed by atoms with E-state index < -0.39 is 6.04 Å². The highest BCUT2D eigenvalue weighted by Gasteiger charge is 2.27. The van der Waals surface area contributed by atoms with Crippen LogP contribution in [0.1, 0.15) is 11.6 Å². The molecule has 3 aromatic carbocycles. The predicted molar refractivity (Wildman–Crippen MR) is 117 cm³/mol. The van der Waals surface area contributed by atoms with Crippen LogP contribution in [-0.2, 0) is 9.59 Å². The molecule has 6 nitrogen and oxygen atoms in total. The summed E-state index contributed by atoms with van der Waals surface area (Å²) in [6.45, 7) is 3.19. The molecule has 0 saturated carbocycles. The first-order valence-corrected chi connectivity index (χ1v) is 10.1. The van der Waals surface area contributed by atoms with Crippen molar-refractivity contribution in [2.45, 2.75) is 6.04 Å². The fourth-order valence-corrected chi connectivity index (χ4v) is 4.33. The van der Waals surface area contributed by atoms with Crippen LogP contribution < -0.4 is 15.0 Å². The molecule has 5 rings (SSSR count). The number of ether oxygens (including phenoxy) is 1. The molecule has 0 spiro atoms. The zero-order valence-corrected chi connectivity index (χ0v) is 16.5. The maximum Gasteiger partial charge on any atom is 0.262 e. The largest absolute Gasteiger partial charge is 0.482 e. The fraction of sp³-hybridized carbons (Fsp3) is 0.250. The van der Waals surface area contributed by atoms with E-state index in [2.05, 4.69) is 63.9 Å². The lowest BCUT2D eigenvalue weighted by Gasteiger charge is -2.39. The summed E-state index contributed by atoms with van der Waals surface area (Å²) in [7, 11) is 0. The van der Waals surface area contributed by atoms with E-state index in [9.17, 15) is 9.59 Å². The first kappa shape index (κ1) is 18.6. The molecule has 0 aromatic heterocycles.